The second kappa shape index (κ2) is 9.19. The average Bonchev–Trinajstić information content (AvgIpc) is 2.89. The van der Waals surface area contributed by atoms with Crippen molar-refractivity contribution in [3.63, 3.8) is 0 Å². The van der Waals surface area contributed by atoms with E-state index in [9.17, 15) is 4.79 Å². The molecule has 0 aromatic carbocycles. The molecule has 1 rings (SSSR count). The SMILES string of the molecule is COC(CCSC)CNC(=O)C=Cc1cccs1. The van der Waals surface area contributed by atoms with Crippen LogP contribution < -0.4 is 5.32 Å². The smallest absolute Gasteiger partial charge is 0.244 e. The van der Waals surface area contributed by atoms with Crippen LogP contribution in [0.1, 0.15) is 11.3 Å². The Bertz CT molecular complexity index is 363. The van der Waals surface area contributed by atoms with Gasteiger partial charge in [0.25, 0.3) is 0 Å². The van der Waals surface area contributed by atoms with Crippen molar-refractivity contribution in [2.24, 2.45) is 0 Å². The van der Waals surface area contributed by atoms with Gasteiger partial charge in [0.2, 0.25) is 5.91 Å². The molecule has 0 aliphatic rings. The van der Waals surface area contributed by atoms with Gasteiger partial charge >= 0.3 is 0 Å². The molecule has 18 heavy (non-hydrogen) atoms. The number of nitrogens with one attached hydrogen (secondary N) is 1. The Labute approximate surface area is 117 Å². The zero-order valence-corrected chi connectivity index (χ0v) is 12.4. The molecule has 0 saturated carbocycles. The van der Waals surface area contributed by atoms with E-state index in [-0.39, 0.29) is 12.0 Å². The number of thiophene rings is 1. The van der Waals surface area contributed by atoms with Crippen molar-refractivity contribution in [1.29, 1.82) is 0 Å². The van der Waals surface area contributed by atoms with E-state index in [2.05, 4.69) is 11.6 Å². The Balaban J connectivity index is 2.27. The molecule has 100 valence electrons. The molecule has 0 spiro atoms. The van der Waals surface area contributed by atoms with Crippen LogP contribution in [0.4, 0.5) is 0 Å². The van der Waals surface area contributed by atoms with Gasteiger partial charge < -0.3 is 10.1 Å². The number of carbonyl (C=O) groups excluding carboxylic acids is 1. The second-order valence-corrected chi connectivity index (χ2v) is 5.70. The van der Waals surface area contributed by atoms with Crippen molar-refractivity contribution in [2.45, 2.75) is 12.5 Å². The fraction of sp³-hybridized carbons (Fsp3) is 0.462. The summed E-state index contributed by atoms with van der Waals surface area (Å²) >= 11 is 3.39. The molecule has 1 unspecified atom stereocenters. The maximum absolute atomic E-state index is 11.6. The highest BCUT2D eigenvalue weighted by atomic mass is 32.2. The zero-order valence-electron chi connectivity index (χ0n) is 10.7. The molecule has 1 aromatic rings. The molecule has 1 heterocycles. The topological polar surface area (TPSA) is 38.3 Å². The normalized spacial score (nSPS) is 12.8. The van der Waals surface area contributed by atoms with E-state index in [4.69, 9.17) is 4.74 Å². The van der Waals surface area contributed by atoms with Crippen LogP contribution in [0.15, 0.2) is 23.6 Å². The molecular weight excluding hydrogens is 266 g/mol. The summed E-state index contributed by atoms with van der Waals surface area (Å²) in [7, 11) is 1.68. The van der Waals surface area contributed by atoms with Crippen LogP contribution in [-0.4, -0.2) is 37.7 Å². The van der Waals surface area contributed by atoms with Crippen molar-refractivity contribution < 1.29 is 9.53 Å². The highest BCUT2D eigenvalue weighted by Crippen LogP contribution is 2.09. The Hall–Kier alpha value is -0.780. The van der Waals surface area contributed by atoms with Gasteiger partial charge in [-0.2, -0.15) is 11.8 Å². The van der Waals surface area contributed by atoms with E-state index in [1.807, 2.05) is 23.6 Å². The van der Waals surface area contributed by atoms with Crippen LogP contribution >= 0.6 is 23.1 Å². The molecule has 0 aliphatic carbocycles. The summed E-state index contributed by atoms with van der Waals surface area (Å²) in [5, 5.41) is 4.84. The van der Waals surface area contributed by atoms with Crippen LogP contribution in [-0.2, 0) is 9.53 Å². The van der Waals surface area contributed by atoms with Crippen LogP contribution in [0.5, 0.6) is 0 Å². The first-order chi connectivity index (χ1) is 8.76. The van der Waals surface area contributed by atoms with Gasteiger partial charge in [0, 0.05) is 24.6 Å². The summed E-state index contributed by atoms with van der Waals surface area (Å²) in [6.07, 6.45) is 6.50. The molecular formula is C13H19NO2S2. The minimum atomic E-state index is -0.0744. The predicted molar refractivity (Wildman–Crippen MR) is 80.2 cm³/mol. The number of amides is 1. The van der Waals surface area contributed by atoms with E-state index in [1.54, 1.807) is 36.3 Å². The van der Waals surface area contributed by atoms with Crippen molar-refractivity contribution in [1.82, 2.24) is 5.32 Å². The van der Waals surface area contributed by atoms with Gasteiger partial charge in [-0.15, -0.1) is 11.3 Å². The fourth-order valence-corrected chi connectivity index (χ4v) is 2.49. The number of rotatable bonds is 8. The predicted octanol–water partition coefficient (Wildman–Crippen LogP) is 2.65. The van der Waals surface area contributed by atoms with Crippen molar-refractivity contribution in [2.75, 3.05) is 25.7 Å². The molecule has 1 aromatic heterocycles. The maximum Gasteiger partial charge on any atom is 0.244 e. The van der Waals surface area contributed by atoms with Gasteiger partial charge in [-0.3, -0.25) is 4.79 Å². The first-order valence-corrected chi connectivity index (χ1v) is 8.04. The van der Waals surface area contributed by atoms with Crippen LogP contribution in [0, 0.1) is 0 Å². The lowest BCUT2D eigenvalue weighted by molar-refractivity contribution is -0.117. The monoisotopic (exact) mass is 285 g/mol. The molecule has 0 radical (unpaired) electrons. The van der Waals surface area contributed by atoms with Crippen molar-refractivity contribution >= 4 is 35.1 Å². The molecule has 3 nitrogen and oxygen atoms in total. The molecule has 1 amide bonds. The summed E-state index contributed by atoms with van der Waals surface area (Å²) in [5.41, 5.74) is 0. The Morgan fingerprint density at radius 1 is 1.67 bits per heavy atom. The first-order valence-electron chi connectivity index (χ1n) is 5.77. The minimum Gasteiger partial charge on any atom is -0.380 e. The molecule has 1 atom stereocenters. The Kier molecular flexibility index (Phi) is 7.80. The van der Waals surface area contributed by atoms with Gasteiger partial charge in [0.05, 0.1) is 6.10 Å². The van der Waals surface area contributed by atoms with Crippen molar-refractivity contribution in [3.8, 4) is 0 Å². The van der Waals surface area contributed by atoms with Gasteiger partial charge in [-0.1, -0.05) is 6.07 Å². The highest BCUT2D eigenvalue weighted by molar-refractivity contribution is 7.98. The van der Waals surface area contributed by atoms with Crippen LogP contribution in [0.25, 0.3) is 6.08 Å². The number of hydrogen-bond acceptors (Lipinski definition) is 4. The lowest BCUT2D eigenvalue weighted by atomic mass is 10.2. The Morgan fingerprint density at radius 2 is 2.50 bits per heavy atom. The van der Waals surface area contributed by atoms with E-state index in [1.165, 1.54) is 0 Å². The number of carbonyl (C=O) groups is 1. The third-order valence-corrected chi connectivity index (χ3v) is 3.90. The quantitative estimate of drug-likeness (QED) is 0.746. The van der Waals surface area contributed by atoms with Gasteiger partial charge in [-0.05, 0) is 36.0 Å². The summed E-state index contributed by atoms with van der Waals surface area (Å²) in [6.45, 7) is 0.560. The molecule has 0 saturated heterocycles. The van der Waals surface area contributed by atoms with E-state index in [0.717, 1.165) is 17.1 Å². The largest absolute Gasteiger partial charge is 0.380 e. The van der Waals surface area contributed by atoms with Gasteiger partial charge in [-0.25, -0.2) is 0 Å². The molecule has 1 N–H and O–H groups in total. The summed E-state index contributed by atoms with van der Waals surface area (Å²) < 4.78 is 5.30. The number of thioether (sulfide) groups is 1. The van der Waals surface area contributed by atoms with E-state index >= 15 is 0 Å². The summed E-state index contributed by atoms with van der Waals surface area (Å²) in [4.78, 5) is 12.7. The Morgan fingerprint density at radius 3 is 3.11 bits per heavy atom. The van der Waals surface area contributed by atoms with Gasteiger partial charge in [0.1, 0.15) is 0 Å². The summed E-state index contributed by atoms with van der Waals surface area (Å²) in [5.74, 6) is 0.967. The van der Waals surface area contributed by atoms with Crippen LogP contribution in [0.2, 0.25) is 0 Å². The van der Waals surface area contributed by atoms with E-state index in [0.29, 0.717) is 6.54 Å². The number of methoxy groups -OCH3 is 1. The maximum atomic E-state index is 11.6. The molecule has 0 bridgehead atoms. The molecule has 0 fully saturated rings. The zero-order chi connectivity index (χ0) is 13.2. The highest BCUT2D eigenvalue weighted by Gasteiger charge is 2.07. The number of hydrogen-bond donors (Lipinski definition) is 1. The average molecular weight is 285 g/mol. The molecule has 5 heteroatoms. The summed E-state index contributed by atoms with van der Waals surface area (Å²) in [6, 6.07) is 3.94. The standard InChI is InChI=1S/C13H19NO2S2/c1-16-11(7-9-17-2)10-14-13(15)6-5-12-4-3-8-18-12/h3-6,8,11H,7,9-10H2,1-2H3,(H,14,15). The minimum absolute atomic E-state index is 0.0744. The van der Waals surface area contributed by atoms with Gasteiger partial charge in [0.15, 0.2) is 0 Å². The molecule has 0 aliphatic heterocycles. The third kappa shape index (κ3) is 6.23. The van der Waals surface area contributed by atoms with E-state index < -0.39 is 0 Å². The van der Waals surface area contributed by atoms with Crippen molar-refractivity contribution in [3.05, 3.63) is 28.5 Å². The lowest BCUT2D eigenvalue weighted by Crippen LogP contribution is -2.32. The first kappa shape index (κ1) is 15.3. The number of ether oxygens (including phenoxy) is 1. The second-order valence-electron chi connectivity index (χ2n) is 3.73. The van der Waals surface area contributed by atoms with Crippen LogP contribution in [0.3, 0.4) is 0 Å². The lowest BCUT2D eigenvalue weighted by Gasteiger charge is -2.14. The fourth-order valence-electron chi connectivity index (χ4n) is 1.37. The third-order valence-electron chi connectivity index (χ3n) is 2.42.